The molecule has 0 aromatic heterocycles. The summed E-state index contributed by atoms with van der Waals surface area (Å²) in [6.45, 7) is 6.48. The molecule has 1 atom stereocenters. The molecule has 1 saturated heterocycles. The van der Waals surface area contributed by atoms with Crippen molar-refractivity contribution in [2.45, 2.75) is 31.8 Å². The van der Waals surface area contributed by atoms with Crippen LogP contribution in [0.4, 0.5) is 5.69 Å². The lowest BCUT2D eigenvalue weighted by Crippen LogP contribution is -2.50. The van der Waals surface area contributed by atoms with E-state index in [1.54, 1.807) is 43.0 Å². The second kappa shape index (κ2) is 9.03. The average Bonchev–Trinajstić information content (AvgIpc) is 2.80. The van der Waals surface area contributed by atoms with Crippen molar-refractivity contribution in [1.29, 1.82) is 0 Å². The molecule has 0 radical (unpaired) electrons. The largest absolute Gasteiger partial charge is 0.493 e. The van der Waals surface area contributed by atoms with E-state index in [1.807, 2.05) is 13.0 Å². The van der Waals surface area contributed by atoms with Crippen molar-refractivity contribution in [2.24, 2.45) is 0 Å². The van der Waals surface area contributed by atoms with Gasteiger partial charge in [0.2, 0.25) is 10.0 Å². The fourth-order valence-corrected chi connectivity index (χ4v) is 5.63. The van der Waals surface area contributed by atoms with Crippen LogP contribution in [-0.4, -0.2) is 68.3 Å². The van der Waals surface area contributed by atoms with Crippen LogP contribution in [0.15, 0.2) is 41.3 Å². The number of sulfonamides is 1. The van der Waals surface area contributed by atoms with E-state index in [-0.39, 0.29) is 42.9 Å². The molecule has 2 aliphatic rings. The highest BCUT2D eigenvalue weighted by Gasteiger charge is 2.34. The van der Waals surface area contributed by atoms with Gasteiger partial charge in [0.1, 0.15) is 11.5 Å². The minimum atomic E-state index is -3.81. The lowest BCUT2D eigenvalue weighted by molar-refractivity contribution is -0.122. The van der Waals surface area contributed by atoms with Gasteiger partial charge in [0, 0.05) is 32.2 Å². The molecule has 9 nitrogen and oxygen atoms in total. The molecule has 2 aliphatic heterocycles. The summed E-state index contributed by atoms with van der Waals surface area (Å²) >= 11 is 0. The quantitative estimate of drug-likeness (QED) is 0.714. The van der Waals surface area contributed by atoms with Crippen molar-refractivity contribution in [3.63, 3.8) is 0 Å². The summed E-state index contributed by atoms with van der Waals surface area (Å²) in [5.41, 5.74) is 1.43. The number of carbonyl (C=O) groups is 2. The zero-order valence-corrected chi connectivity index (χ0v) is 19.6. The van der Waals surface area contributed by atoms with Gasteiger partial charge in [-0.25, -0.2) is 8.42 Å². The zero-order chi connectivity index (χ0) is 23.8. The van der Waals surface area contributed by atoms with Crippen LogP contribution in [0, 0.1) is 6.92 Å². The van der Waals surface area contributed by atoms with E-state index < -0.39 is 16.1 Å². The Hall–Kier alpha value is -3.11. The molecule has 0 bridgehead atoms. The van der Waals surface area contributed by atoms with Crippen molar-refractivity contribution in [3.8, 4) is 11.5 Å². The Bertz CT molecular complexity index is 1190. The molecule has 4 rings (SSSR count). The lowest BCUT2D eigenvalue weighted by Gasteiger charge is -2.34. The van der Waals surface area contributed by atoms with Crippen LogP contribution in [0.1, 0.15) is 29.8 Å². The molecule has 2 aromatic carbocycles. The molecule has 1 fully saturated rings. The number of rotatable bonds is 5. The van der Waals surface area contributed by atoms with Crippen molar-refractivity contribution in [2.75, 3.05) is 38.1 Å². The normalized spacial score (nSPS) is 18.8. The number of hydrogen-bond acceptors (Lipinski definition) is 6. The molecule has 176 valence electrons. The van der Waals surface area contributed by atoms with Gasteiger partial charge in [0.05, 0.1) is 22.8 Å². The highest BCUT2D eigenvalue weighted by atomic mass is 32.2. The van der Waals surface area contributed by atoms with Crippen LogP contribution in [0.3, 0.4) is 0 Å². The van der Waals surface area contributed by atoms with Crippen LogP contribution >= 0.6 is 0 Å². The van der Waals surface area contributed by atoms with E-state index in [2.05, 4.69) is 5.32 Å². The SMILES string of the molecule is CCOc1ccccc1C(=O)N1CCN(S(=O)(=O)c2cc3c(cc2C)NC(=O)[C@@H](C)O3)CC1. The molecule has 0 aliphatic carbocycles. The van der Waals surface area contributed by atoms with Gasteiger partial charge in [-0.15, -0.1) is 0 Å². The molecule has 1 N–H and O–H groups in total. The molecule has 0 saturated carbocycles. The summed E-state index contributed by atoms with van der Waals surface area (Å²) in [6.07, 6.45) is -0.704. The number of aryl methyl sites for hydroxylation is 1. The molecular weight excluding hydrogens is 446 g/mol. The first kappa shape index (κ1) is 23.1. The molecule has 2 aromatic rings. The number of anilines is 1. The summed E-state index contributed by atoms with van der Waals surface area (Å²) in [4.78, 5) is 26.6. The molecule has 0 spiro atoms. The molecule has 2 heterocycles. The first-order valence-electron chi connectivity index (χ1n) is 10.9. The van der Waals surface area contributed by atoms with Gasteiger partial charge in [-0.1, -0.05) is 12.1 Å². The van der Waals surface area contributed by atoms with Gasteiger partial charge in [-0.3, -0.25) is 9.59 Å². The average molecular weight is 474 g/mol. The summed E-state index contributed by atoms with van der Waals surface area (Å²) in [7, 11) is -3.81. The number of nitrogens with zero attached hydrogens (tertiary/aromatic N) is 2. The van der Waals surface area contributed by atoms with Gasteiger partial charge in [-0.05, 0) is 44.5 Å². The van der Waals surface area contributed by atoms with Crippen molar-refractivity contribution < 1.29 is 27.5 Å². The highest BCUT2D eigenvalue weighted by Crippen LogP contribution is 2.35. The zero-order valence-electron chi connectivity index (χ0n) is 18.8. The Morgan fingerprint density at radius 1 is 1.18 bits per heavy atom. The topological polar surface area (TPSA) is 105 Å². The Kier molecular flexibility index (Phi) is 6.31. The fourth-order valence-electron chi connectivity index (χ4n) is 3.99. The van der Waals surface area contributed by atoms with Crippen LogP contribution in [0.25, 0.3) is 0 Å². The Labute approximate surface area is 193 Å². The summed E-state index contributed by atoms with van der Waals surface area (Å²) in [6, 6.07) is 10.1. The van der Waals surface area contributed by atoms with Crippen LogP contribution in [-0.2, 0) is 14.8 Å². The maximum absolute atomic E-state index is 13.4. The van der Waals surface area contributed by atoms with Gasteiger partial charge in [0.25, 0.3) is 11.8 Å². The second-order valence-electron chi connectivity index (χ2n) is 7.99. The third-order valence-corrected chi connectivity index (χ3v) is 7.81. The molecule has 10 heteroatoms. The number of benzene rings is 2. The molecular formula is C23H27N3O6S. The molecule has 0 unspecified atom stereocenters. The highest BCUT2D eigenvalue weighted by molar-refractivity contribution is 7.89. The van der Waals surface area contributed by atoms with E-state index in [1.165, 1.54) is 10.4 Å². The first-order chi connectivity index (χ1) is 15.7. The summed E-state index contributed by atoms with van der Waals surface area (Å²) < 4.78 is 39.3. The van der Waals surface area contributed by atoms with Crippen molar-refractivity contribution >= 4 is 27.5 Å². The van der Waals surface area contributed by atoms with Gasteiger partial charge < -0.3 is 19.7 Å². The molecule has 2 amide bonds. The Balaban J connectivity index is 1.51. The van der Waals surface area contributed by atoms with E-state index in [0.717, 1.165) is 0 Å². The molecule has 33 heavy (non-hydrogen) atoms. The van der Waals surface area contributed by atoms with E-state index in [9.17, 15) is 18.0 Å². The van der Waals surface area contributed by atoms with Gasteiger partial charge >= 0.3 is 0 Å². The maximum Gasteiger partial charge on any atom is 0.265 e. The number of carbonyl (C=O) groups excluding carboxylic acids is 2. The van der Waals surface area contributed by atoms with Gasteiger partial charge in [0.15, 0.2) is 6.10 Å². The third kappa shape index (κ3) is 4.40. The lowest BCUT2D eigenvalue weighted by atomic mass is 10.1. The Morgan fingerprint density at radius 2 is 1.88 bits per heavy atom. The number of nitrogens with one attached hydrogen (secondary N) is 1. The minimum Gasteiger partial charge on any atom is -0.493 e. The van der Waals surface area contributed by atoms with Crippen molar-refractivity contribution in [1.82, 2.24) is 9.21 Å². The van der Waals surface area contributed by atoms with Crippen molar-refractivity contribution in [3.05, 3.63) is 47.5 Å². The second-order valence-corrected chi connectivity index (χ2v) is 9.90. The van der Waals surface area contributed by atoms with Crippen LogP contribution in [0.2, 0.25) is 0 Å². The summed E-state index contributed by atoms with van der Waals surface area (Å²) in [5, 5.41) is 2.73. The minimum absolute atomic E-state index is 0.131. The number of para-hydroxylation sites is 1. The number of fused-ring (bicyclic) bond motifs is 1. The van der Waals surface area contributed by atoms with Crippen LogP contribution < -0.4 is 14.8 Å². The summed E-state index contributed by atoms with van der Waals surface area (Å²) in [5.74, 6) is 0.391. The number of hydrogen-bond donors (Lipinski definition) is 1. The predicted octanol–water partition coefficient (Wildman–Crippen LogP) is 2.26. The standard InChI is InChI=1S/C23H27N3O6S/c1-4-31-19-8-6-5-7-17(19)23(28)25-9-11-26(12-10-25)33(29,30)21-14-20-18(13-15(21)2)24-22(27)16(3)32-20/h5-8,13-14,16H,4,9-12H2,1-3H3,(H,24,27)/t16-/m1/s1. The Morgan fingerprint density at radius 3 is 2.58 bits per heavy atom. The van der Waals surface area contributed by atoms with E-state index in [4.69, 9.17) is 9.47 Å². The number of ether oxygens (including phenoxy) is 2. The third-order valence-electron chi connectivity index (χ3n) is 5.77. The van der Waals surface area contributed by atoms with Gasteiger partial charge in [-0.2, -0.15) is 4.31 Å². The van der Waals surface area contributed by atoms with E-state index >= 15 is 0 Å². The maximum atomic E-state index is 13.4. The predicted molar refractivity (Wildman–Crippen MR) is 122 cm³/mol. The van der Waals surface area contributed by atoms with Crippen LogP contribution in [0.5, 0.6) is 11.5 Å². The monoisotopic (exact) mass is 473 g/mol. The van der Waals surface area contributed by atoms with E-state index in [0.29, 0.717) is 34.9 Å². The number of amides is 2. The smallest absolute Gasteiger partial charge is 0.265 e. The number of piperazine rings is 1. The first-order valence-corrected chi connectivity index (χ1v) is 12.3. The fraction of sp³-hybridized carbons (Fsp3) is 0.391.